The summed E-state index contributed by atoms with van der Waals surface area (Å²) in [5.74, 6) is 0.0929. The number of rotatable bonds is 4. The SMILES string of the molecule is CN(Cc1cc(=O)[nH]c(N)n1)[C@@H]1CCN(C(=O)c2coc3ccccc23)C1. The van der Waals surface area contributed by atoms with E-state index in [-0.39, 0.29) is 23.5 Å². The molecule has 8 nitrogen and oxygen atoms in total. The van der Waals surface area contributed by atoms with Crippen LogP contribution in [0.1, 0.15) is 22.5 Å². The maximum atomic E-state index is 12.9. The first kappa shape index (κ1) is 17.3. The minimum Gasteiger partial charge on any atom is -0.463 e. The molecule has 1 fully saturated rings. The van der Waals surface area contributed by atoms with Crippen molar-refractivity contribution in [1.29, 1.82) is 0 Å². The normalized spacial score (nSPS) is 17.1. The first-order valence-corrected chi connectivity index (χ1v) is 8.83. The van der Waals surface area contributed by atoms with Crippen LogP contribution in [0.5, 0.6) is 0 Å². The monoisotopic (exact) mass is 367 g/mol. The summed E-state index contributed by atoms with van der Waals surface area (Å²) in [5, 5.41) is 0.836. The van der Waals surface area contributed by atoms with Crippen molar-refractivity contribution in [2.45, 2.75) is 19.0 Å². The second kappa shape index (κ2) is 6.88. The number of aromatic nitrogens is 2. The lowest BCUT2D eigenvalue weighted by Crippen LogP contribution is -2.36. The number of likely N-dealkylation sites (tertiary alicyclic amines) is 1. The molecular weight excluding hydrogens is 346 g/mol. The van der Waals surface area contributed by atoms with E-state index in [9.17, 15) is 9.59 Å². The van der Waals surface area contributed by atoms with E-state index in [2.05, 4.69) is 14.9 Å². The Kier molecular flexibility index (Phi) is 4.41. The maximum Gasteiger partial charge on any atom is 0.257 e. The number of likely N-dealkylation sites (N-methyl/N-ethyl adjacent to an activating group) is 1. The Morgan fingerprint density at radius 1 is 1.44 bits per heavy atom. The van der Waals surface area contributed by atoms with E-state index in [0.717, 1.165) is 11.8 Å². The largest absolute Gasteiger partial charge is 0.463 e. The fraction of sp³-hybridized carbons (Fsp3) is 0.316. The van der Waals surface area contributed by atoms with Crippen LogP contribution < -0.4 is 11.3 Å². The molecule has 1 aliphatic rings. The molecule has 27 heavy (non-hydrogen) atoms. The van der Waals surface area contributed by atoms with Crippen LogP contribution in [0.3, 0.4) is 0 Å². The van der Waals surface area contributed by atoms with E-state index >= 15 is 0 Å². The van der Waals surface area contributed by atoms with Crippen molar-refractivity contribution in [3.05, 3.63) is 58.2 Å². The number of anilines is 1. The zero-order valence-corrected chi connectivity index (χ0v) is 15.0. The second-order valence-electron chi connectivity index (χ2n) is 6.88. The molecule has 1 aliphatic heterocycles. The van der Waals surface area contributed by atoms with E-state index in [4.69, 9.17) is 10.2 Å². The number of nitrogen functional groups attached to an aromatic ring is 1. The molecule has 1 amide bonds. The van der Waals surface area contributed by atoms with Gasteiger partial charge in [0.1, 0.15) is 11.8 Å². The van der Waals surface area contributed by atoms with Crippen molar-refractivity contribution >= 4 is 22.8 Å². The standard InChI is InChI=1S/C19H21N5O3/c1-23(9-12-8-17(25)22-19(20)21-12)13-6-7-24(10-13)18(26)15-11-27-16-5-3-2-4-14(15)16/h2-5,8,11,13H,6-7,9-10H2,1H3,(H3,20,21,22,25)/t13-/m1/s1. The summed E-state index contributed by atoms with van der Waals surface area (Å²) in [6, 6.07) is 9.17. The molecule has 140 valence electrons. The van der Waals surface area contributed by atoms with Crippen LogP contribution >= 0.6 is 0 Å². The summed E-state index contributed by atoms with van der Waals surface area (Å²) < 4.78 is 5.49. The van der Waals surface area contributed by atoms with Crippen molar-refractivity contribution in [2.24, 2.45) is 0 Å². The van der Waals surface area contributed by atoms with Gasteiger partial charge in [0.25, 0.3) is 11.5 Å². The Morgan fingerprint density at radius 2 is 2.26 bits per heavy atom. The molecule has 0 aliphatic carbocycles. The highest BCUT2D eigenvalue weighted by molar-refractivity contribution is 6.06. The topological polar surface area (TPSA) is 108 Å². The molecular formula is C19H21N5O3. The average molecular weight is 367 g/mol. The van der Waals surface area contributed by atoms with Crippen molar-refractivity contribution in [1.82, 2.24) is 19.8 Å². The van der Waals surface area contributed by atoms with Crippen LogP contribution in [0.4, 0.5) is 5.95 Å². The average Bonchev–Trinajstić information content (AvgIpc) is 3.28. The van der Waals surface area contributed by atoms with Crippen LogP contribution in [0.25, 0.3) is 11.0 Å². The van der Waals surface area contributed by atoms with Crippen molar-refractivity contribution in [3.8, 4) is 0 Å². The van der Waals surface area contributed by atoms with Crippen LogP contribution in [0.15, 0.2) is 45.8 Å². The van der Waals surface area contributed by atoms with Crippen molar-refractivity contribution in [3.63, 3.8) is 0 Å². The van der Waals surface area contributed by atoms with E-state index in [1.807, 2.05) is 36.2 Å². The Bertz CT molecular complexity index is 1040. The molecule has 1 aromatic carbocycles. The van der Waals surface area contributed by atoms with E-state index in [1.54, 1.807) is 0 Å². The second-order valence-corrected chi connectivity index (χ2v) is 6.88. The Hall–Kier alpha value is -3.13. The van der Waals surface area contributed by atoms with E-state index in [1.165, 1.54) is 12.3 Å². The van der Waals surface area contributed by atoms with Crippen LogP contribution in [-0.4, -0.2) is 51.9 Å². The molecule has 2 aromatic heterocycles. The van der Waals surface area contributed by atoms with Crippen molar-refractivity contribution in [2.75, 3.05) is 25.9 Å². The number of aromatic amines is 1. The highest BCUT2D eigenvalue weighted by atomic mass is 16.3. The first-order chi connectivity index (χ1) is 13.0. The molecule has 1 atom stereocenters. The zero-order valence-electron chi connectivity index (χ0n) is 15.0. The molecule has 0 bridgehead atoms. The van der Waals surface area contributed by atoms with Gasteiger partial charge in [0.05, 0.1) is 11.3 Å². The number of nitrogens with zero attached hydrogens (tertiary/aromatic N) is 3. The van der Waals surface area contributed by atoms with Gasteiger partial charge in [0, 0.05) is 37.1 Å². The third kappa shape index (κ3) is 3.43. The van der Waals surface area contributed by atoms with Crippen LogP contribution in [0, 0.1) is 0 Å². The number of H-pyrrole nitrogens is 1. The lowest BCUT2D eigenvalue weighted by atomic mass is 10.1. The predicted octanol–water partition coefficient (Wildman–Crippen LogP) is 1.44. The number of fused-ring (bicyclic) bond motifs is 1. The van der Waals surface area contributed by atoms with Gasteiger partial charge in [0.2, 0.25) is 5.95 Å². The van der Waals surface area contributed by atoms with Gasteiger partial charge >= 0.3 is 0 Å². The Labute approximate surface area is 155 Å². The van der Waals surface area contributed by atoms with Crippen LogP contribution in [0.2, 0.25) is 0 Å². The molecule has 0 saturated carbocycles. The first-order valence-electron chi connectivity index (χ1n) is 8.83. The van der Waals surface area contributed by atoms with Gasteiger partial charge in [0.15, 0.2) is 0 Å². The Balaban J connectivity index is 1.45. The number of carbonyl (C=O) groups is 1. The number of benzene rings is 1. The fourth-order valence-electron chi connectivity index (χ4n) is 3.59. The van der Waals surface area contributed by atoms with Gasteiger partial charge in [-0.1, -0.05) is 18.2 Å². The molecule has 4 rings (SSSR count). The van der Waals surface area contributed by atoms with E-state index in [0.29, 0.717) is 36.5 Å². The van der Waals surface area contributed by atoms with Gasteiger partial charge in [-0.3, -0.25) is 19.5 Å². The highest BCUT2D eigenvalue weighted by Gasteiger charge is 2.30. The summed E-state index contributed by atoms with van der Waals surface area (Å²) in [6.45, 7) is 1.79. The fourth-order valence-corrected chi connectivity index (χ4v) is 3.59. The molecule has 8 heteroatoms. The summed E-state index contributed by atoms with van der Waals surface area (Å²) in [5.41, 5.74) is 7.27. The van der Waals surface area contributed by atoms with Gasteiger partial charge in [-0.15, -0.1) is 0 Å². The number of furan rings is 1. The lowest BCUT2D eigenvalue weighted by Gasteiger charge is -2.24. The number of para-hydroxylation sites is 1. The number of carbonyl (C=O) groups excluding carboxylic acids is 1. The smallest absolute Gasteiger partial charge is 0.257 e. The summed E-state index contributed by atoms with van der Waals surface area (Å²) in [6.07, 6.45) is 2.39. The molecule has 3 N–H and O–H groups in total. The van der Waals surface area contributed by atoms with Crippen molar-refractivity contribution < 1.29 is 9.21 Å². The van der Waals surface area contributed by atoms with Gasteiger partial charge in [-0.2, -0.15) is 0 Å². The zero-order chi connectivity index (χ0) is 19.0. The molecule has 0 spiro atoms. The molecule has 3 heterocycles. The quantitative estimate of drug-likeness (QED) is 0.722. The molecule has 0 unspecified atom stereocenters. The third-order valence-corrected chi connectivity index (χ3v) is 5.01. The summed E-state index contributed by atoms with van der Waals surface area (Å²) in [7, 11) is 1.96. The number of hydrogen-bond donors (Lipinski definition) is 2. The predicted molar refractivity (Wildman–Crippen MR) is 101 cm³/mol. The molecule has 3 aromatic rings. The van der Waals surface area contributed by atoms with E-state index < -0.39 is 0 Å². The molecule has 1 saturated heterocycles. The van der Waals surface area contributed by atoms with Gasteiger partial charge in [-0.05, 0) is 19.5 Å². The lowest BCUT2D eigenvalue weighted by molar-refractivity contribution is 0.0780. The summed E-state index contributed by atoms with van der Waals surface area (Å²) >= 11 is 0. The minimum atomic E-state index is -0.263. The third-order valence-electron chi connectivity index (χ3n) is 5.01. The Morgan fingerprint density at radius 3 is 3.07 bits per heavy atom. The number of nitrogens with one attached hydrogen (secondary N) is 1. The van der Waals surface area contributed by atoms with Gasteiger partial charge in [-0.25, -0.2) is 4.98 Å². The molecule has 0 radical (unpaired) electrons. The maximum absolute atomic E-state index is 12.9. The number of amides is 1. The number of hydrogen-bond acceptors (Lipinski definition) is 6. The van der Waals surface area contributed by atoms with Crippen LogP contribution in [-0.2, 0) is 6.54 Å². The van der Waals surface area contributed by atoms with Gasteiger partial charge < -0.3 is 15.1 Å². The number of nitrogens with two attached hydrogens (primary N) is 1. The highest BCUT2D eigenvalue weighted by Crippen LogP contribution is 2.25. The summed E-state index contributed by atoms with van der Waals surface area (Å²) in [4.78, 5) is 35.0. The minimum absolute atomic E-state index is 0.0191.